The summed E-state index contributed by atoms with van der Waals surface area (Å²) in [7, 11) is -2.00. The van der Waals surface area contributed by atoms with Crippen molar-refractivity contribution in [1.29, 1.82) is 0 Å². The summed E-state index contributed by atoms with van der Waals surface area (Å²) in [6.07, 6.45) is 9.28. The predicted octanol–water partition coefficient (Wildman–Crippen LogP) is 4.98. The molecule has 30 heavy (non-hydrogen) atoms. The van der Waals surface area contributed by atoms with Gasteiger partial charge in [0.25, 0.3) is 0 Å². The largest absolute Gasteiger partial charge is 0.411 e. The molecule has 0 aromatic carbocycles. The minimum Gasteiger partial charge on any atom is -0.411 e. The van der Waals surface area contributed by atoms with Gasteiger partial charge in [-0.2, -0.15) is 0 Å². The van der Waals surface area contributed by atoms with Gasteiger partial charge in [-0.15, -0.1) is 0 Å². The molecular formula is C24H42O5Si. The monoisotopic (exact) mass is 438 g/mol. The molecule has 0 N–H and O–H groups in total. The van der Waals surface area contributed by atoms with Gasteiger partial charge in [0, 0.05) is 32.8 Å². The van der Waals surface area contributed by atoms with E-state index in [4.69, 9.17) is 23.4 Å². The minimum absolute atomic E-state index is 0.00640. The van der Waals surface area contributed by atoms with Crippen molar-refractivity contribution >= 4 is 8.32 Å². The van der Waals surface area contributed by atoms with Crippen LogP contribution in [-0.2, 0) is 23.4 Å². The van der Waals surface area contributed by atoms with Crippen LogP contribution in [0.25, 0.3) is 0 Å². The van der Waals surface area contributed by atoms with Gasteiger partial charge in [-0.1, -0.05) is 20.8 Å². The molecule has 5 nitrogen and oxygen atoms in total. The highest BCUT2D eigenvalue weighted by atomic mass is 28.4. The molecule has 6 heteroatoms. The zero-order valence-electron chi connectivity index (χ0n) is 19.8. The van der Waals surface area contributed by atoms with Crippen LogP contribution in [0.5, 0.6) is 0 Å². The normalized spacial score (nSPS) is 46.9. The van der Waals surface area contributed by atoms with Gasteiger partial charge in [-0.05, 0) is 69.5 Å². The molecule has 0 aromatic heterocycles. The molecule has 4 aliphatic heterocycles. The molecule has 0 bridgehead atoms. The number of hydrogen-bond acceptors (Lipinski definition) is 5. The highest BCUT2D eigenvalue weighted by Crippen LogP contribution is 2.67. The molecule has 5 fully saturated rings. The van der Waals surface area contributed by atoms with E-state index in [0.717, 1.165) is 84.2 Å². The second-order valence-electron chi connectivity index (χ2n) is 11.9. The second kappa shape index (κ2) is 7.01. The summed E-state index contributed by atoms with van der Waals surface area (Å²) < 4.78 is 34.5. The molecule has 4 saturated heterocycles. The van der Waals surface area contributed by atoms with Crippen LogP contribution >= 0.6 is 0 Å². The number of hydrogen-bond donors (Lipinski definition) is 0. The molecule has 172 valence electrons. The lowest BCUT2D eigenvalue weighted by molar-refractivity contribution is -0.354. The topological polar surface area (TPSA) is 46.2 Å². The van der Waals surface area contributed by atoms with E-state index in [-0.39, 0.29) is 16.7 Å². The lowest BCUT2D eigenvalue weighted by Gasteiger charge is -2.67. The molecule has 5 atom stereocenters. The zero-order chi connectivity index (χ0) is 21.3. The maximum atomic E-state index is 7.26. The second-order valence-corrected chi connectivity index (χ2v) is 16.7. The van der Waals surface area contributed by atoms with Crippen LogP contribution in [0, 0.1) is 0 Å². The van der Waals surface area contributed by atoms with Crippen LogP contribution in [0.3, 0.4) is 0 Å². The van der Waals surface area contributed by atoms with E-state index in [2.05, 4.69) is 33.9 Å². The Labute approximate surface area is 183 Å². The van der Waals surface area contributed by atoms with Gasteiger partial charge in [0.05, 0.1) is 6.10 Å². The standard InChI is InChI=1S/C24H42O5Si/c1-20(2,3)30(4,5)29-19-18-21(10-6-14-25-21)23(12-8-16-27-23)24(13-9-17-28-24)22(19)11-7-15-26-22/h19H,6-18H2,1-5H3/t19-,21-,22+,23+,24+/m1/s1. The van der Waals surface area contributed by atoms with Gasteiger partial charge >= 0.3 is 0 Å². The first-order chi connectivity index (χ1) is 14.1. The summed E-state index contributed by atoms with van der Waals surface area (Å²) in [5, 5.41) is 0.152. The van der Waals surface area contributed by atoms with Crippen LogP contribution < -0.4 is 0 Å². The van der Waals surface area contributed by atoms with Gasteiger partial charge < -0.3 is 23.4 Å². The van der Waals surface area contributed by atoms with Crippen molar-refractivity contribution in [1.82, 2.24) is 0 Å². The predicted molar refractivity (Wildman–Crippen MR) is 118 cm³/mol. The smallest absolute Gasteiger partial charge is 0.192 e. The van der Waals surface area contributed by atoms with Crippen LogP contribution in [0.15, 0.2) is 0 Å². The van der Waals surface area contributed by atoms with Gasteiger partial charge in [-0.3, -0.25) is 0 Å². The third-order valence-electron chi connectivity index (χ3n) is 9.55. The van der Waals surface area contributed by atoms with E-state index in [0.29, 0.717) is 0 Å². The SMILES string of the molecule is CC(C)(C)[Si](C)(C)O[C@@H]1C[C@]2(CCCO2)[C@@]2(CCCO2)[C@]2(CCCO2)[C@]12CCCO2. The van der Waals surface area contributed by atoms with Crippen LogP contribution in [0.2, 0.25) is 18.1 Å². The molecule has 0 radical (unpaired) electrons. The highest BCUT2D eigenvalue weighted by Gasteiger charge is 2.81. The fourth-order valence-electron chi connectivity index (χ4n) is 7.29. The van der Waals surface area contributed by atoms with Gasteiger partial charge in [0.1, 0.15) is 22.4 Å². The number of ether oxygens (including phenoxy) is 4. The molecule has 0 unspecified atom stereocenters. The van der Waals surface area contributed by atoms with E-state index in [1.165, 1.54) is 0 Å². The van der Waals surface area contributed by atoms with Crippen molar-refractivity contribution in [2.45, 2.75) is 125 Å². The van der Waals surface area contributed by atoms with Crippen LogP contribution in [0.4, 0.5) is 0 Å². The summed E-state index contributed by atoms with van der Waals surface area (Å²) in [6, 6.07) is 0. The van der Waals surface area contributed by atoms with Crippen molar-refractivity contribution in [2.24, 2.45) is 0 Å². The van der Waals surface area contributed by atoms with Crippen molar-refractivity contribution < 1.29 is 23.4 Å². The summed E-state index contributed by atoms with van der Waals surface area (Å²) >= 11 is 0. The Hall–Kier alpha value is 0.0169. The Kier molecular flexibility index (Phi) is 5.10. The highest BCUT2D eigenvalue weighted by molar-refractivity contribution is 6.74. The Morgan fingerprint density at radius 2 is 1.30 bits per heavy atom. The molecule has 4 spiro atoms. The molecular weight excluding hydrogens is 396 g/mol. The Bertz CT molecular complexity index is 645. The molecule has 4 heterocycles. The number of rotatable bonds is 2. The first kappa shape index (κ1) is 21.8. The van der Waals surface area contributed by atoms with E-state index in [1.807, 2.05) is 0 Å². The third kappa shape index (κ3) is 2.64. The third-order valence-corrected chi connectivity index (χ3v) is 14.0. The first-order valence-electron chi connectivity index (χ1n) is 12.4. The molecule has 5 rings (SSSR count). The van der Waals surface area contributed by atoms with Gasteiger partial charge in [0.15, 0.2) is 8.32 Å². The fourth-order valence-corrected chi connectivity index (χ4v) is 8.63. The fraction of sp³-hybridized carbons (Fsp3) is 1.00. The van der Waals surface area contributed by atoms with E-state index in [1.54, 1.807) is 0 Å². The van der Waals surface area contributed by atoms with Crippen molar-refractivity contribution in [2.75, 3.05) is 26.4 Å². The van der Waals surface area contributed by atoms with Gasteiger partial charge in [-0.25, -0.2) is 0 Å². The quantitative estimate of drug-likeness (QED) is 0.569. The summed E-state index contributed by atoms with van der Waals surface area (Å²) in [5.74, 6) is 0. The Morgan fingerprint density at radius 1 is 0.733 bits per heavy atom. The average molecular weight is 439 g/mol. The molecule has 0 amide bonds. The van der Waals surface area contributed by atoms with Gasteiger partial charge in [0.2, 0.25) is 0 Å². The lowest BCUT2D eigenvalue weighted by atomic mass is 9.52. The number of fused-ring (bicyclic) bond motifs is 3. The molecule has 1 saturated carbocycles. The summed E-state index contributed by atoms with van der Waals surface area (Å²) in [5.41, 5.74) is -1.58. The Balaban J connectivity index is 1.66. The minimum atomic E-state index is -2.00. The first-order valence-corrected chi connectivity index (χ1v) is 15.3. The van der Waals surface area contributed by atoms with E-state index < -0.39 is 25.1 Å². The summed E-state index contributed by atoms with van der Waals surface area (Å²) in [4.78, 5) is 0. The lowest BCUT2D eigenvalue weighted by Crippen LogP contribution is -2.83. The average Bonchev–Trinajstić information content (AvgIpc) is 3.45. The van der Waals surface area contributed by atoms with Crippen molar-refractivity contribution in [3.63, 3.8) is 0 Å². The molecule has 1 aliphatic carbocycles. The van der Waals surface area contributed by atoms with E-state index in [9.17, 15) is 0 Å². The van der Waals surface area contributed by atoms with Crippen LogP contribution in [0.1, 0.15) is 78.6 Å². The Morgan fingerprint density at radius 3 is 1.80 bits per heavy atom. The summed E-state index contributed by atoms with van der Waals surface area (Å²) in [6.45, 7) is 14.9. The van der Waals surface area contributed by atoms with Crippen molar-refractivity contribution in [3.8, 4) is 0 Å². The molecule has 5 aliphatic rings. The maximum Gasteiger partial charge on any atom is 0.192 e. The zero-order valence-corrected chi connectivity index (χ0v) is 20.8. The van der Waals surface area contributed by atoms with Crippen molar-refractivity contribution in [3.05, 3.63) is 0 Å². The maximum absolute atomic E-state index is 7.26. The van der Waals surface area contributed by atoms with Crippen LogP contribution in [-0.4, -0.2) is 63.3 Å². The van der Waals surface area contributed by atoms with E-state index >= 15 is 0 Å². The molecule has 0 aromatic rings.